The third kappa shape index (κ3) is 2.61. The molecule has 1 aromatic rings. The molecular weight excluding hydrogens is 258 g/mol. The normalized spacial score (nSPS) is 17.7. The number of rotatable bonds is 3. The molecule has 102 valence electrons. The van der Waals surface area contributed by atoms with Crippen molar-refractivity contribution >= 4 is 28.8 Å². The lowest BCUT2D eigenvalue weighted by Gasteiger charge is -2.37. The van der Waals surface area contributed by atoms with Crippen molar-refractivity contribution in [2.24, 2.45) is 11.1 Å². The molecule has 2 rings (SSSR count). The molecule has 5 heteroatoms. The van der Waals surface area contributed by atoms with Crippen LogP contribution in [-0.4, -0.2) is 22.9 Å². The van der Waals surface area contributed by atoms with Gasteiger partial charge in [-0.2, -0.15) is 0 Å². The van der Waals surface area contributed by atoms with Gasteiger partial charge in [-0.3, -0.25) is 9.78 Å². The number of hydrogen-bond acceptors (Lipinski definition) is 3. The lowest BCUT2D eigenvalue weighted by Crippen LogP contribution is -2.50. The first kappa shape index (κ1) is 13.9. The molecule has 1 aromatic heterocycles. The Balaban J connectivity index is 2.27. The van der Waals surface area contributed by atoms with Gasteiger partial charge < -0.3 is 10.6 Å². The van der Waals surface area contributed by atoms with Crippen LogP contribution >= 0.6 is 12.2 Å². The molecule has 0 bridgehead atoms. The van der Waals surface area contributed by atoms with E-state index in [1.807, 2.05) is 12.1 Å². The first-order valence-electron chi connectivity index (χ1n) is 6.56. The number of carbonyl (C=O) groups is 1. The van der Waals surface area contributed by atoms with Crippen LogP contribution in [0.3, 0.4) is 0 Å². The predicted molar refractivity (Wildman–Crippen MR) is 80.0 cm³/mol. The van der Waals surface area contributed by atoms with E-state index in [4.69, 9.17) is 18.0 Å². The van der Waals surface area contributed by atoms with E-state index in [9.17, 15) is 4.79 Å². The maximum atomic E-state index is 12.8. The van der Waals surface area contributed by atoms with Gasteiger partial charge in [-0.15, -0.1) is 0 Å². The third-order valence-electron chi connectivity index (χ3n) is 3.93. The van der Waals surface area contributed by atoms with E-state index in [1.54, 1.807) is 24.3 Å². The van der Waals surface area contributed by atoms with Gasteiger partial charge in [-0.25, -0.2) is 0 Å². The molecule has 0 atom stereocenters. The smallest absolute Gasteiger partial charge is 0.239 e. The van der Waals surface area contributed by atoms with Gasteiger partial charge in [0, 0.05) is 13.2 Å². The summed E-state index contributed by atoms with van der Waals surface area (Å²) in [7, 11) is 1.76. The molecule has 2 N–H and O–H groups in total. The summed E-state index contributed by atoms with van der Waals surface area (Å²) in [4.78, 5) is 18.8. The Labute approximate surface area is 119 Å². The zero-order valence-corrected chi connectivity index (χ0v) is 11.9. The second-order valence-electron chi connectivity index (χ2n) is 5.08. The van der Waals surface area contributed by atoms with Gasteiger partial charge in [0.2, 0.25) is 5.91 Å². The van der Waals surface area contributed by atoms with Crippen LogP contribution in [0.25, 0.3) is 0 Å². The number of anilines is 1. The SMILES string of the molecule is CN(C(=O)C1(C(N)=S)CCCCC1)c1cccnc1. The van der Waals surface area contributed by atoms with Crippen LogP contribution in [0, 0.1) is 5.41 Å². The fraction of sp³-hybridized carbons (Fsp3) is 0.500. The zero-order chi connectivity index (χ0) is 13.9. The van der Waals surface area contributed by atoms with E-state index in [1.165, 1.54) is 0 Å². The quantitative estimate of drug-likeness (QED) is 0.861. The highest BCUT2D eigenvalue weighted by Crippen LogP contribution is 2.39. The van der Waals surface area contributed by atoms with E-state index < -0.39 is 5.41 Å². The number of pyridine rings is 1. The Morgan fingerprint density at radius 2 is 2.11 bits per heavy atom. The Hall–Kier alpha value is -1.49. The largest absolute Gasteiger partial charge is 0.392 e. The molecule has 19 heavy (non-hydrogen) atoms. The lowest BCUT2D eigenvalue weighted by atomic mass is 9.73. The molecule has 0 spiro atoms. The summed E-state index contributed by atoms with van der Waals surface area (Å²) in [5.41, 5.74) is 5.99. The van der Waals surface area contributed by atoms with Crippen molar-refractivity contribution in [1.82, 2.24) is 4.98 Å². The molecule has 1 aliphatic carbocycles. The molecule has 0 aromatic carbocycles. The van der Waals surface area contributed by atoms with Crippen molar-refractivity contribution < 1.29 is 4.79 Å². The summed E-state index contributed by atoms with van der Waals surface area (Å²) in [6.07, 6.45) is 8.03. The van der Waals surface area contributed by atoms with E-state index in [0.29, 0.717) is 4.99 Å². The zero-order valence-electron chi connectivity index (χ0n) is 11.1. The molecule has 1 fully saturated rings. The number of nitrogens with two attached hydrogens (primary N) is 1. The highest BCUT2D eigenvalue weighted by atomic mass is 32.1. The molecule has 0 radical (unpaired) electrons. The molecule has 4 nitrogen and oxygen atoms in total. The predicted octanol–water partition coefficient (Wildman–Crippen LogP) is 2.28. The van der Waals surface area contributed by atoms with Gasteiger partial charge in [-0.1, -0.05) is 31.5 Å². The van der Waals surface area contributed by atoms with Crippen LogP contribution in [0.5, 0.6) is 0 Å². The standard InChI is InChI=1S/C14H19N3OS/c1-17(11-6-5-9-16-10-11)13(18)14(12(15)19)7-3-2-4-8-14/h5-6,9-10H,2-4,7-8H2,1H3,(H2,15,19). The maximum absolute atomic E-state index is 12.8. The second kappa shape index (κ2) is 5.65. The minimum atomic E-state index is -0.668. The molecule has 1 saturated carbocycles. The van der Waals surface area contributed by atoms with Crippen LogP contribution in [0.2, 0.25) is 0 Å². The number of thiocarbonyl (C=S) groups is 1. The van der Waals surface area contributed by atoms with Crippen molar-refractivity contribution in [2.75, 3.05) is 11.9 Å². The van der Waals surface area contributed by atoms with Crippen LogP contribution in [0.1, 0.15) is 32.1 Å². The van der Waals surface area contributed by atoms with E-state index in [0.717, 1.165) is 37.8 Å². The third-order valence-corrected chi connectivity index (χ3v) is 4.32. The first-order chi connectivity index (χ1) is 9.08. The molecule has 0 aliphatic heterocycles. The molecular formula is C14H19N3OS. The van der Waals surface area contributed by atoms with Gasteiger partial charge in [-0.05, 0) is 25.0 Å². The van der Waals surface area contributed by atoms with Crippen LogP contribution < -0.4 is 10.6 Å². The summed E-state index contributed by atoms with van der Waals surface area (Å²) >= 11 is 5.19. The molecule has 1 aliphatic rings. The number of nitrogens with zero attached hydrogens (tertiary/aromatic N) is 2. The van der Waals surface area contributed by atoms with Gasteiger partial charge in [0.05, 0.1) is 22.3 Å². The number of hydrogen-bond donors (Lipinski definition) is 1. The van der Waals surface area contributed by atoms with Crippen LogP contribution in [0.15, 0.2) is 24.5 Å². The van der Waals surface area contributed by atoms with E-state index >= 15 is 0 Å². The number of amides is 1. The Morgan fingerprint density at radius 3 is 2.63 bits per heavy atom. The van der Waals surface area contributed by atoms with Gasteiger partial charge in [0.1, 0.15) is 0 Å². The second-order valence-corrected chi connectivity index (χ2v) is 5.52. The van der Waals surface area contributed by atoms with Gasteiger partial charge in [0.15, 0.2) is 0 Å². The van der Waals surface area contributed by atoms with Crippen molar-refractivity contribution in [2.45, 2.75) is 32.1 Å². The van der Waals surface area contributed by atoms with Crippen LogP contribution in [-0.2, 0) is 4.79 Å². The summed E-state index contributed by atoms with van der Waals surface area (Å²) in [6, 6.07) is 3.68. The maximum Gasteiger partial charge on any atom is 0.239 e. The summed E-state index contributed by atoms with van der Waals surface area (Å²) < 4.78 is 0. The number of carbonyl (C=O) groups excluding carboxylic acids is 1. The van der Waals surface area contributed by atoms with Crippen LogP contribution in [0.4, 0.5) is 5.69 Å². The fourth-order valence-corrected chi connectivity index (χ4v) is 3.00. The highest BCUT2D eigenvalue weighted by molar-refractivity contribution is 7.80. The first-order valence-corrected chi connectivity index (χ1v) is 6.97. The molecule has 0 unspecified atom stereocenters. The molecule has 1 amide bonds. The topological polar surface area (TPSA) is 59.2 Å². The van der Waals surface area contributed by atoms with Crippen molar-refractivity contribution in [3.05, 3.63) is 24.5 Å². The number of aromatic nitrogens is 1. The minimum Gasteiger partial charge on any atom is -0.392 e. The van der Waals surface area contributed by atoms with Gasteiger partial charge >= 0.3 is 0 Å². The molecule has 1 heterocycles. The average molecular weight is 277 g/mol. The van der Waals surface area contributed by atoms with Crippen molar-refractivity contribution in [3.8, 4) is 0 Å². The average Bonchev–Trinajstić information content (AvgIpc) is 2.47. The van der Waals surface area contributed by atoms with E-state index in [-0.39, 0.29) is 5.91 Å². The van der Waals surface area contributed by atoms with Gasteiger partial charge in [0.25, 0.3) is 0 Å². The summed E-state index contributed by atoms with van der Waals surface area (Å²) in [6.45, 7) is 0. The van der Waals surface area contributed by atoms with E-state index in [2.05, 4.69) is 4.98 Å². The lowest BCUT2D eigenvalue weighted by molar-refractivity contribution is -0.125. The van der Waals surface area contributed by atoms with Crippen molar-refractivity contribution in [1.29, 1.82) is 0 Å². The molecule has 0 saturated heterocycles. The summed E-state index contributed by atoms with van der Waals surface area (Å²) in [5.74, 6) is -0.00676. The Morgan fingerprint density at radius 1 is 1.42 bits per heavy atom. The minimum absolute atomic E-state index is 0.00676. The Bertz CT molecular complexity index is 469. The Kier molecular flexibility index (Phi) is 4.14. The van der Waals surface area contributed by atoms with Crippen molar-refractivity contribution in [3.63, 3.8) is 0 Å². The highest BCUT2D eigenvalue weighted by Gasteiger charge is 2.44. The summed E-state index contributed by atoms with van der Waals surface area (Å²) in [5, 5.41) is 0. The monoisotopic (exact) mass is 277 g/mol. The fourth-order valence-electron chi connectivity index (χ4n) is 2.71.